The van der Waals surface area contributed by atoms with E-state index in [0.29, 0.717) is 6.54 Å². The van der Waals surface area contributed by atoms with E-state index in [2.05, 4.69) is 45.4 Å². The molecule has 5 heteroatoms. The number of likely N-dealkylation sites (tertiary alicyclic amines) is 2. The normalized spacial score (nSPS) is 20.6. The van der Waals surface area contributed by atoms with Crippen LogP contribution in [0.4, 0.5) is 0 Å². The lowest BCUT2D eigenvalue weighted by Gasteiger charge is -2.32. The van der Waals surface area contributed by atoms with Crippen molar-refractivity contribution in [2.75, 3.05) is 26.2 Å². The molecule has 4 nitrogen and oxygen atoms in total. The van der Waals surface area contributed by atoms with Crippen molar-refractivity contribution in [3.05, 3.63) is 70.2 Å². The Morgan fingerprint density at radius 3 is 2.44 bits per heavy atom. The summed E-state index contributed by atoms with van der Waals surface area (Å²) in [7, 11) is 0. The second-order valence-electron chi connectivity index (χ2n) is 9.39. The van der Waals surface area contributed by atoms with Crippen molar-refractivity contribution >= 4 is 17.5 Å². The molecule has 0 radical (unpaired) electrons. The summed E-state index contributed by atoms with van der Waals surface area (Å²) < 4.78 is 0. The Morgan fingerprint density at radius 1 is 0.875 bits per heavy atom. The zero-order chi connectivity index (χ0) is 22.2. The molecule has 2 fully saturated rings. The SMILES string of the molecule is O=C(NCc1cccc(CN2CCCCCC2)c1)C1CCCN(Cc2ccccc2Cl)C1. The van der Waals surface area contributed by atoms with Crippen LogP contribution in [0, 0.1) is 5.92 Å². The number of piperidine rings is 1. The summed E-state index contributed by atoms with van der Waals surface area (Å²) in [6.07, 6.45) is 7.35. The van der Waals surface area contributed by atoms with Gasteiger partial charge in [-0.2, -0.15) is 0 Å². The van der Waals surface area contributed by atoms with Crippen LogP contribution in [0.15, 0.2) is 48.5 Å². The molecule has 32 heavy (non-hydrogen) atoms. The predicted molar refractivity (Wildman–Crippen MR) is 131 cm³/mol. The van der Waals surface area contributed by atoms with Crippen molar-refractivity contribution < 1.29 is 4.79 Å². The molecule has 1 atom stereocenters. The second kappa shape index (κ2) is 11.8. The van der Waals surface area contributed by atoms with E-state index in [1.165, 1.54) is 49.9 Å². The number of carbonyl (C=O) groups is 1. The molecule has 0 aromatic heterocycles. The molecule has 4 rings (SSSR count). The van der Waals surface area contributed by atoms with E-state index in [4.69, 9.17) is 11.6 Å². The fourth-order valence-corrected chi connectivity index (χ4v) is 5.20. The van der Waals surface area contributed by atoms with Gasteiger partial charge in [-0.25, -0.2) is 0 Å². The van der Waals surface area contributed by atoms with Crippen LogP contribution in [0.1, 0.15) is 55.2 Å². The van der Waals surface area contributed by atoms with Crippen molar-refractivity contribution in [1.29, 1.82) is 0 Å². The van der Waals surface area contributed by atoms with E-state index in [1.807, 2.05) is 18.2 Å². The highest BCUT2D eigenvalue weighted by Crippen LogP contribution is 2.22. The van der Waals surface area contributed by atoms with E-state index in [9.17, 15) is 4.79 Å². The number of nitrogens with zero attached hydrogens (tertiary/aromatic N) is 2. The van der Waals surface area contributed by atoms with E-state index in [0.717, 1.165) is 49.6 Å². The molecule has 0 aliphatic carbocycles. The minimum absolute atomic E-state index is 0.0477. The maximum atomic E-state index is 12.9. The van der Waals surface area contributed by atoms with Crippen molar-refractivity contribution in [1.82, 2.24) is 15.1 Å². The Bertz CT molecular complexity index is 879. The fraction of sp³-hybridized carbons (Fsp3) is 0.519. The number of amides is 1. The summed E-state index contributed by atoms with van der Waals surface area (Å²) in [5.74, 6) is 0.221. The molecule has 2 aliphatic heterocycles. The van der Waals surface area contributed by atoms with Gasteiger partial charge in [-0.1, -0.05) is 66.9 Å². The number of hydrogen-bond acceptors (Lipinski definition) is 3. The van der Waals surface area contributed by atoms with Crippen LogP contribution >= 0.6 is 11.6 Å². The number of nitrogens with one attached hydrogen (secondary N) is 1. The first-order valence-corrected chi connectivity index (χ1v) is 12.6. The van der Waals surface area contributed by atoms with Gasteiger partial charge in [-0.05, 0) is 68.1 Å². The molecule has 172 valence electrons. The topological polar surface area (TPSA) is 35.6 Å². The molecular weight excluding hydrogens is 418 g/mol. The lowest BCUT2D eigenvalue weighted by Crippen LogP contribution is -2.42. The highest BCUT2D eigenvalue weighted by Gasteiger charge is 2.26. The monoisotopic (exact) mass is 453 g/mol. The van der Waals surface area contributed by atoms with Gasteiger partial charge in [0.05, 0.1) is 5.92 Å². The van der Waals surface area contributed by atoms with Gasteiger partial charge in [0.2, 0.25) is 5.91 Å². The van der Waals surface area contributed by atoms with Gasteiger partial charge in [-0.15, -0.1) is 0 Å². The van der Waals surface area contributed by atoms with E-state index in [1.54, 1.807) is 0 Å². The molecule has 1 unspecified atom stereocenters. The molecule has 2 heterocycles. The summed E-state index contributed by atoms with van der Waals surface area (Å²) in [6.45, 7) is 6.65. The standard InChI is InChI=1S/C27H36ClN3O/c28-26-13-4-3-11-24(26)20-31-16-8-12-25(21-31)27(32)29-18-22-9-7-10-23(17-22)19-30-14-5-1-2-6-15-30/h3-4,7,9-11,13,17,25H,1-2,5-6,8,12,14-16,18-21H2,(H,29,32). The summed E-state index contributed by atoms with van der Waals surface area (Å²) in [5, 5.41) is 4.00. The van der Waals surface area contributed by atoms with Gasteiger partial charge in [0.15, 0.2) is 0 Å². The molecule has 0 saturated carbocycles. The minimum atomic E-state index is 0.0477. The quantitative estimate of drug-likeness (QED) is 0.622. The number of rotatable bonds is 7. The van der Waals surface area contributed by atoms with Crippen LogP contribution in [0.25, 0.3) is 0 Å². The van der Waals surface area contributed by atoms with Gasteiger partial charge in [0.1, 0.15) is 0 Å². The summed E-state index contributed by atoms with van der Waals surface area (Å²) in [5.41, 5.74) is 3.67. The third-order valence-corrected chi connectivity index (χ3v) is 7.16. The van der Waals surface area contributed by atoms with Gasteiger partial charge in [-0.3, -0.25) is 14.6 Å². The highest BCUT2D eigenvalue weighted by molar-refractivity contribution is 6.31. The number of halogens is 1. The van der Waals surface area contributed by atoms with E-state index in [-0.39, 0.29) is 11.8 Å². The van der Waals surface area contributed by atoms with Gasteiger partial charge in [0.25, 0.3) is 0 Å². The first kappa shape index (κ1) is 23.3. The van der Waals surface area contributed by atoms with E-state index >= 15 is 0 Å². The predicted octanol–water partition coefficient (Wildman–Crippen LogP) is 5.24. The maximum absolute atomic E-state index is 12.9. The van der Waals surface area contributed by atoms with Gasteiger partial charge < -0.3 is 5.32 Å². The summed E-state index contributed by atoms with van der Waals surface area (Å²) >= 11 is 6.33. The Hall–Kier alpha value is -1.88. The largest absolute Gasteiger partial charge is 0.352 e. The van der Waals surface area contributed by atoms with Crippen LogP contribution in [-0.4, -0.2) is 41.9 Å². The van der Waals surface area contributed by atoms with Crippen LogP contribution in [-0.2, 0) is 24.4 Å². The molecular formula is C27H36ClN3O. The molecule has 0 bridgehead atoms. The first-order chi connectivity index (χ1) is 15.7. The van der Waals surface area contributed by atoms with Crippen molar-refractivity contribution in [3.8, 4) is 0 Å². The zero-order valence-electron chi connectivity index (χ0n) is 19.1. The smallest absolute Gasteiger partial charge is 0.224 e. The zero-order valence-corrected chi connectivity index (χ0v) is 19.8. The lowest BCUT2D eigenvalue weighted by atomic mass is 9.96. The molecule has 1 N–H and O–H groups in total. The minimum Gasteiger partial charge on any atom is -0.352 e. The third-order valence-electron chi connectivity index (χ3n) is 6.79. The Kier molecular flexibility index (Phi) is 8.61. The van der Waals surface area contributed by atoms with Crippen molar-refractivity contribution in [2.24, 2.45) is 5.92 Å². The fourth-order valence-electron chi connectivity index (χ4n) is 5.00. The summed E-state index contributed by atoms with van der Waals surface area (Å²) in [4.78, 5) is 17.8. The average molecular weight is 454 g/mol. The van der Waals surface area contributed by atoms with Crippen molar-refractivity contribution in [2.45, 2.75) is 58.2 Å². The van der Waals surface area contributed by atoms with Crippen LogP contribution < -0.4 is 5.32 Å². The van der Waals surface area contributed by atoms with Crippen LogP contribution in [0.5, 0.6) is 0 Å². The van der Waals surface area contributed by atoms with Gasteiger partial charge in [0, 0.05) is 31.2 Å². The lowest BCUT2D eigenvalue weighted by molar-refractivity contribution is -0.126. The van der Waals surface area contributed by atoms with Crippen LogP contribution in [0.2, 0.25) is 5.02 Å². The molecule has 2 aromatic carbocycles. The Labute approximate surface area is 197 Å². The number of hydrogen-bond donors (Lipinski definition) is 1. The maximum Gasteiger partial charge on any atom is 0.224 e. The number of carbonyl (C=O) groups excluding carboxylic acids is 1. The molecule has 2 aliphatic rings. The van der Waals surface area contributed by atoms with Crippen molar-refractivity contribution in [3.63, 3.8) is 0 Å². The first-order valence-electron chi connectivity index (χ1n) is 12.2. The number of benzene rings is 2. The highest BCUT2D eigenvalue weighted by atomic mass is 35.5. The second-order valence-corrected chi connectivity index (χ2v) is 9.80. The summed E-state index contributed by atoms with van der Waals surface area (Å²) in [6, 6.07) is 16.7. The molecule has 2 saturated heterocycles. The average Bonchev–Trinajstić information content (AvgIpc) is 3.08. The Balaban J connectivity index is 1.27. The van der Waals surface area contributed by atoms with Crippen LogP contribution in [0.3, 0.4) is 0 Å². The molecule has 0 spiro atoms. The van der Waals surface area contributed by atoms with E-state index < -0.39 is 0 Å². The molecule has 2 aromatic rings. The molecule has 1 amide bonds. The Morgan fingerprint density at radius 2 is 1.62 bits per heavy atom. The van der Waals surface area contributed by atoms with Gasteiger partial charge >= 0.3 is 0 Å². The third kappa shape index (κ3) is 6.81.